The van der Waals surface area contributed by atoms with Gasteiger partial charge in [-0.1, -0.05) is 15.9 Å². The first-order valence-corrected chi connectivity index (χ1v) is 7.00. The molecule has 0 amide bonds. The highest BCUT2D eigenvalue weighted by molar-refractivity contribution is 9.10. The quantitative estimate of drug-likeness (QED) is 0.639. The van der Waals surface area contributed by atoms with Crippen molar-refractivity contribution < 1.29 is 13.9 Å². The Kier molecular flexibility index (Phi) is 1.82. The van der Waals surface area contributed by atoms with E-state index in [1.807, 2.05) is 0 Å². The molecule has 1 heterocycles. The summed E-state index contributed by atoms with van der Waals surface area (Å²) in [6.45, 7) is 1.32. The van der Waals surface area contributed by atoms with Gasteiger partial charge in [-0.05, 0) is 31.6 Å². The standard InChI is InChI=1S/C12H16BrFO2/c13-11-5-8-3-9(6-10(14,4-8)7-11)12(11)15-1-2-16-12/h8-9H,1-7H2. The zero-order chi connectivity index (χ0) is 11.0. The fourth-order valence-electron chi connectivity index (χ4n) is 4.79. The Labute approximate surface area is 103 Å². The third kappa shape index (κ3) is 1.05. The average molecular weight is 291 g/mol. The van der Waals surface area contributed by atoms with Crippen LogP contribution in [-0.2, 0) is 9.47 Å². The van der Waals surface area contributed by atoms with Crippen LogP contribution in [0.25, 0.3) is 0 Å². The first-order chi connectivity index (χ1) is 7.55. The molecule has 1 aliphatic heterocycles. The molecule has 1 spiro atoms. The van der Waals surface area contributed by atoms with Crippen LogP contribution >= 0.6 is 15.9 Å². The van der Waals surface area contributed by atoms with Crippen molar-refractivity contribution in [2.24, 2.45) is 11.8 Å². The summed E-state index contributed by atoms with van der Waals surface area (Å²) >= 11 is 3.79. The highest BCUT2D eigenvalue weighted by Crippen LogP contribution is 2.68. The molecule has 4 unspecified atom stereocenters. The maximum atomic E-state index is 14.6. The van der Waals surface area contributed by atoms with Crippen LogP contribution in [0.15, 0.2) is 0 Å². The van der Waals surface area contributed by atoms with Crippen molar-refractivity contribution in [3.63, 3.8) is 0 Å². The van der Waals surface area contributed by atoms with Gasteiger partial charge >= 0.3 is 0 Å². The van der Waals surface area contributed by atoms with Crippen LogP contribution in [0.1, 0.15) is 32.1 Å². The maximum Gasteiger partial charge on any atom is 0.186 e. The molecule has 0 aromatic carbocycles. The topological polar surface area (TPSA) is 18.5 Å². The Morgan fingerprint density at radius 2 is 1.88 bits per heavy atom. The molecule has 0 aromatic rings. The van der Waals surface area contributed by atoms with Gasteiger partial charge in [0.15, 0.2) is 5.79 Å². The molecule has 1 saturated heterocycles. The molecule has 4 atom stereocenters. The van der Waals surface area contributed by atoms with Crippen LogP contribution in [0.3, 0.4) is 0 Å². The SMILES string of the molecule is FC12CC3CC(C1)C1(OCCO1)C(Br)(C3)C2. The lowest BCUT2D eigenvalue weighted by atomic mass is 9.52. The van der Waals surface area contributed by atoms with Crippen molar-refractivity contribution in [1.82, 2.24) is 0 Å². The van der Waals surface area contributed by atoms with Crippen molar-refractivity contribution in [3.05, 3.63) is 0 Å². The normalized spacial score (nSPS) is 57.4. The molecule has 4 aliphatic carbocycles. The molecule has 4 heteroatoms. The fourth-order valence-corrected chi connectivity index (χ4v) is 6.30. The first kappa shape index (κ1) is 10.3. The molecular weight excluding hydrogens is 275 g/mol. The van der Waals surface area contributed by atoms with Crippen molar-refractivity contribution in [2.45, 2.75) is 47.9 Å². The predicted octanol–water partition coefficient (Wildman–Crippen LogP) is 2.80. The van der Waals surface area contributed by atoms with Crippen molar-refractivity contribution in [3.8, 4) is 0 Å². The fraction of sp³-hybridized carbons (Fsp3) is 1.00. The monoisotopic (exact) mass is 290 g/mol. The number of rotatable bonds is 0. The van der Waals surface area contributed by atoms with E-state index in [1.54, 1.807) is 0 Å². The van der Waals surface area contributed by atoms with Gasteiger partial charge in [0.2, 0.25) is 0 Å². The van der Waals surface area contributed by atoms with E-state index in [9.17, 15) is 4.39 Å². The summed E-state index contributed by atoms with van der Waals surface area (Å²) in [5.74, 6) is 0.260. The molecule has 5 fully saturated rings. The van der Waals surface area contributed by atoms with Crippen molar-refractivity contribution in [2.75, 3.05) is 13.2 Å². The molecule has 4 bridgehead atoms. The summed E-state index contributed by atoms with van der Waals surface area (Å²) in [6, 6.07) is 0. The third-order valence-corrected chi connectivity index (χ3v) is 6.13. The third-order valence-electron chi connectivity index (χ3n) is 4.97. The van der Waals surface area contributed by atoms with E-state index < -0.39 is 11.5 Å². The predicted molar refractivity (Wildman–Crippen MR) is 60.2 cm³/mol. The number of hydrogen-bond donors (Lipinski definition) is 0. The summed E-state index contributed by atoms with van der Waals surface area (Å²) in [7, 11) is 0. The van der Waals surface area contributed by atoms with Gasteiger partial charge in [0.05, 0.1) is 17.5 Å². The Bertz CT molecular complexity index is 344. The summed E-state index contributed by atoms with van der Waals surface area (Å²) in [4.78, 5) is 0. The lowest BCUT2D eigenvalue weighted by Crippen LogP contribution is -2.70. The second-order valence-electron chi connectivity index (χ2n) is 6.07. The average Bonchev–Trinajstić information content (AvgIpc) is 2.61. The zero-order valence-electron chi connectivity index (χ0n) is 9.18. The number of ether oxygens (including phenoxy) is 2. The Hall–Kier alpha value is 0.330. The van der Waals surface area contributed by atoms with E-state index >= 15 is 0 Å². The summed E-state index contributed by atoms with van der Waals surface area (Å²) in [5.41, 5.74) is -0.962. The maximum absolute atomic E-state index is 14.6. The van der Waals surface area contributed by atoms with E-state index in [0.29, 0.717) is 32.0 Å². The van der Waals surface area contributed by atoms with Gasteiger partial charge in [0.1, 0.15) is 5.67 Å². The minimum absolute atomic E-state index is 0.251. The van der Waals surface area contributed by atoms with Crippen LogP contribution in [0.4, 0.5) is 4.39 Å². The molecule has 4 saturated carbocycles. The lowest BCUT2D eigenvalue weighted by Gasteiger charge is -2.64. The number of alkyl halides is 2. The summed E-state index contributed by atoms with van der Waals surface area (Å²) in [5, 5.41) is 0. The molecule has 90 valence electrons. The smallest absolute Gasteiger partial charge is 0.186 e. The second kappa shape index (κ2) is 2.83. The molecule has 5 rings (SSSR count). The van der Waals surface area contributed by atoms with Crippen molar-refractivity contribution in [1.29, 1.82) is 0 Å². The number of hydrogen-bond acceptors (Lipinski definition) is 2. The van der Waals surface area contributed by atoms with E-state index in [-0.39, 0.29) is 10.2 Å². The number of halogens is 2. The van der Waals surface area contributed by atoms with Crippen LogP contribution < -0.4 is 0 Å². The molecule has 5 aliphatic rings. The van der Waals surface area contributed by atoms with E-state index in [2.05, 4.69) is 15.9 Å². The molecule has 0 radical (unpaired) electrons. The van der Waals surface area contributed by atoms with Gasteiger partial charge in [-0.3, -0.25) is 0 Å². The van der Waals surface area contributed by atoms with Crippen LogP contribution in [0.2, 0.25) is 0 Å². The minimum atomic E-state index is -0.962. The van der Waals surface area contributed by atoms with Gasteiger partial charge in [0.25, 0.3) is 0 Å². The van der Waals surface area contributed by atoms with Gasteiger partial charge in [-0.25, -0.2) is 4.39 Å². The largest absolute Gasteiger partial charge is 0.346 e. The van der Waals surface area contributed by atoms with Crippen LogP contribution in [0, 0.1) is 11.8 Å². The minimum Gasteiger partial charge on any atom is -0.346 e. The summed E-state index contributed by atoms with van der Waals surface area (Å²) in [6.07, 6.45) is 4.05. The van der Waals surface area contributed by atoms with Gasteiger partial charge in [-0.15, -0.1) is 0 Å². The Balaban J connectivity index is 1.81. The molecule has 0 N–H and O–H groups in total. The highest BCUT2D eigenvalue weighted by atomic mass is 79.9. The first-order valence-electron chi connectivity index (χ1n) is 6.21. The van der Waals surface area contributed by atoms with E-state index in [0.717, 1.165) is 19.3 Å². The molecule has 0 aromatic heterocycles. The van der Waals surface area contributed by atoms with E-state index in [1.165, 1.54) is 0 Å². The van der Waals surface area contributed by atoms with Crippen LogP contribution in [-0.4, -0.2) is 29.0 Å². The van der Waals surface area contributed by atoms with Gasteiger partial charge in [0, 0.05) is 12.3 Å². The Morgan fingerprint density at radius 1 is 1.12 bits per heavy atom. The zero-order valence-corrected chi connectivity index (χ0v) is 10.8. The highest BCUT2D eigenvalue weighted by Gasteiger charge is 2.72. The molecule has 2 nitrogen and oxygen atoms in total. The van der Waals surface area contributed by atoms with Crippen LogP contribution in [0.5, 0.6) is 0 Å². The molecular formula is C12H16BrFO2. The summed E-state index contributed by atoms with van der Waals surface area (Å²) < 4.78 is 26.2. The van der Waals surface area contributed by atoms with E-state index in [4.69, 9.17) is 9.47 Å². The van der Waals surface area contributed by atoms with Gasteiger partial charge < -0.3 is 9.47 Å². The lowest BCUT2D eigenvalue weighted by molar-refractivity contribution is -0.287. The van der Waals surface area contributed by atoms with Gasteiger partial charge in [-0.2, -0.15) is 0 Å². The molecule has 16 heavy (non-hydrogen) atoms. The Morgan fingerprint density at radius 3 is 2.50 bits per heavy atom. The second-order valence-corrected chi connectivity index (χ2v) is 7.59. The van der Waals surface area contributed by atoms with Crippen molar-refractivity contribution >= 4 is 15.9 Å².